The van der Waals surface area contributed by atoms with Gasteiger partial charge in [0.15, 0.2) is 0 Å². The second-order valence-electron chi connectivity index (χ2n) is 5.86. The number of carboxylic acids is 1. The molecule has 2 rings (SSSR count). The molecule has 0 aromatic heterocycles. The van der Waals surface area contributed by atoms with Gasteiger partial charge in [0.2, 0.25) is 10.0 Å². The van der Waals surface area contributed by atoms with E-state index in [-0.39, 0.29) is 23.1 Å². The summed E-state index contributed by atoms with van der Waals surface area (Å²) in [5.74, 6) is -0.854. The largest absolute Gasteiger partial charge is 0.481 e. The third-order valence-corrected chi connectivity index (χ3v) is 5.67. The topological polar surface area (TPSA) is 104 Å². The highest BCUT2D eigenvalue weighted by molar-refractivity contribution is 7.89. The van der Waals surface area contributed by atoms with Gasteiger partial charge in [-0.2, -0.15) is 0 Å². The second-order valence-corrected chi connectivity index (χ2v) is 7.63. The zero-order valence-electron chi connectivity index (χ0n) is 13.6. The maximum atomic E-state index is 12.5. The molecule has 1 aliphatic heterocycles. The highest BCUT2D eigenvalue weighted by Gasteiger charge is 2.25. The zero-order chi connectivity index (χ0) is 17.7. The fourth-order valence-electron chi connectivity index (χ4n) is 2.82. The first-order valence-electron chi connectivity index (χ1n) is 7.94. The Morgan fingerprint density at radius 3 is 2.29 bits per heavy atom. The molecule has 1 amide bonds. The number of carbonyl (C=O) groups is 2. The van der Waals surface area contributed by atoms with Crippen LogP contribution in [0.5, 0.6) is 0 Å². The molecule has 0 saturated carbocycles. The van der Waals surface area contributed by atoms with Gasteiger partial charge < -0.3 is 10.0 Å². The minimum atomic E-state index is -3.53. The number of amides is 1. The van der Waals surface area contributed by atoms with Crippen LogP contribution in [0.15, 0.2) is 29.2 Å². The normalized spacial score (nSPS) is 16.1. The van der Waals surface area contributed by atoms with Crippen molar-refractivity contribution in [3.05, 3.63) is 29.8 Å². The fraction of sp³-hybridized carbons (Fsp3) is 0.500. The Hall–Kier alpha value is -1.93. The van der Waals surface area contributed by atoms with E-state index < -0.39 is 16.0 Å². The predicted molar refractivity (Wildman–Crippen MR) is 88.2 cm³/mol. The van der Waals surface area contributed by atoms with E-state index in [9.17, 15) is 18.0 Å². The van der Waals surface area contributed by atoms with Crippen LogP contribution >= 0.6 is 0 Å². The Labute approximate surface area is 141 Å². The van der Waals surface area contributed by atoms with E-state index in [1.165, 1.54) is 24.3 Å². The molecule has 1 heterocycles. The van der Waals surface area contributed by atoms with Crippen molar-refractivity contribution >= 4 is 21.9 Å². The number of piperidine rings is 1. The summed E-state index contributed by atoms with van der Waals surface area (Å²) in [5.41, 5.74) is 0.433. The molecular weight excluding hydrogens is 332 g/mol. The van der Waals surface area contributed by atoms with Crippen molar-refractivity contribution in [2.45, 2.75) is 31.1 Å². The quantitative estimate of drug-likeness (QED) is 0.802. The monoisotopic (exact) mass is 354 g/mol. The lowest BCUT2D eigenvalue weighted by Gasteiger charge is -2.31. The maximum Gasteiger partial charge on any atom is 0.303 e. The molecule has 1 fully saturated rings. The number of hydrogen-bond donors (Lipinski definition) is 2. The van der Waals surface area contributed by atoms with Gasteiger partial charge in [-0.25, -0.2) is 13.1 Å². The molecule has 1 aromatic carbocycles. The number of sulfonamides is 1. The molecule has 2 N–H and O–H groups in total. The lowest BCUT2D eigenvalue weighted by atomic mass is 9.93. The molecule has 0 bridgehead atoms. The van der Waals surface area contributed by atoms with Crippen molar-refractivity contribution in [1.29, 1.82) is 0 Å². The van der Waals surface area contributed by atoms with Crippen LogP contribution in [-0.2, 0) is 14.8 Å². The number of hydrogen-bond acceptors (Lipinski definition) is 4. The third-order valence-electron chi connectivity index (χ3n) is 4.11. The van der Waals surface area contributed by atoms with E-state index >= 15 is 0 Å². The van der Waals surface area contributed by atoms with Gasteiger partial charge in [-0.15, -0.1) is 0 Å². The van der Waals surface area contributed by atoms with Crippen molar-refractivity contribution in [3.8, 4) is 0 Å². The molecule has 0 atom stereocenters. The van der Waals surface area contributed by atoms with Gasteiger partial charge in [-0.05, 0) is 43.0 Å². The molecule has 1 aromatic rings. The SMILES string of the molecule is CCNS(=O)(=O)c1ccc(C(=O)N2CCC(CC(=O)O)CC2)cc1. The van der Waals surface area contributed by atoms with Crippen LogP contribution < -0.4 is 4.72 Å². The number of nitrogens with zero attached hydrogens (tertiary/aromatic N) is 1. The van der Waals surface area contributed by atoms with E-state index in [0.717, 1.165) is 0 Å². The average Bonchev–Trinajstić information content (AvgIpc) is 2.54. The molecule has 1 saturated heterocycles. The van der Waals surface area contributed by atoms with Gasteiger partial charge >= 0.3 is 5.97 Å². The molecule has 0 radical (unpaired) electrons. The molecule has 0 spiro atoms. The molecule has 0 unspecified atom stereocenters. The standard InChI is InChI=1S/C16H22N2O5S/c1-2-17-24(22,23)14-5-3-13(4-6-14)16(21)18-9-7-12(8-10-18)11-15(19)20/h3-6,12,17H,2,7-11H2,1H3,(H,19,20). The van der Waals surface area contributed by atoms with Gasteiger partial charge in [0.1, 0.15) is 0 Å². The number of likely N-dealkylation sites (tertiary alicyclic amines) is 1. The van der Waals surface area contributed by atoms with Crippen molar-refractivity contribution in [3.63, 3.8) is 0 Å². The third kappa shape index (κ3) is 4.55. The van der Waals surface area contributed by atoms with Crippen molar-refractivity contribution in [2.24, 2.45) is 5.92 Å². The number of carbonyl (C=O) groups excluding carboxylic acids is 1. The van der Waals surface area contributed by atoms with Gasteiger partial charge in [-0.3, -0.25) is 9.59 Å². The second kappa shape index (κ2) is 7.76. The summed E-state index contributed by atoms with van der Waals surface area (Å²) in [5, 5.41) is 8.81. The lowest BCUT2D eigenvalue weighted by Crippen LogP contribution is -2.38. The number of nitrogens with one attached hydrogen (secondary N) is 1. The summed E-state index contributed by atoms with van der Waals surface area (Å²) < 4.78 is 26.2. The summed E-state index contributed by atoms with van der Waals surface area (Å²) in [7, 11) is -3.53. The Bertz CT molecular complexity index is 692. The van der Waals surface area contributed by atoms with Crippen molar-refractivity contribution in [1.82, 2.24) is 9.62 Å². The molecule has 8 heteroatoms. The number of aliphatic carboxylic acids is 1. The van der Waals surface area contributed by atoms with Crippen molar-refractivity contribution < 1.29 is 23.1 Å². The maximum absolute atomic E-state index is 12.5. The summed E-state index contributed by atoms with van der Waals surface area (Å²) in [6, 6.07) is 5.86. The number of carboxylic acid groups (broad SMARTS) is 1. The van der Waals surface area contributed by atoms with Crippen LogP contribution in [0.2, 0.25) is 0 Å². The van der Waals surface area contributed by atoms with Gasteiger partial charge in [0, 0.05) is 31.6 Å². The Morgan fingerprint density at radius 1 is 1.21 bits per heavy atom. The fourth-order valence-corrected chi connectivity index (χ4v) is 3.86. The summed E-state index contributed by atoms with van der Waals surface area (Å²) in [4.78, 5) is 25.0. The first kappa shape index (κ1) is 18.4. The smallest absolute Gasteiger partial charge is 0.303 e. The van der Waals surface area contributed by atoms with Crippen LogP contribution in [0.4, 0.5) is 0 Å². The highest BCUT2D eigenvalue weighted by atomic mass is 32.2. The van der Waals surface area contributed by atoms with E-state index in [4.69, 9.17) is 5.11 Å². The van der Waals surface area contributed by atoms with Crippen molar-refractivity contribution in [2.75, 3.05) is 19.6 Å². The van der Waals surface area contributed by atoms with E-state index in [1.807, 2.05) is 0 Å². The van der Waals surface area contributed by atoms with Crippen LogP contribution in [0.1, 0.15) is 36.5 Å². The first-order valence-corrected chi connectivity index (χ1v) is 9.42. The number of rotatable bonds is 6. The lowest BCUT2D eigenvalue weighted by molar-refractivity contribution is -0.138. The van der Waals surface area contributed by atoms with Crippen LogP contribution in [0.3, 0.4) is 0 Å². The Morgan fingerprint density at radius 2 is 1.79 bits per heavy atom. The Balaban J connectivity index is 2.00. The average molecular weight is 354 g/mol. The molecule has 0 aliphatic carbocycles. The highest BCUT2D eigenvalue weighted by Crippen LogP contribution is 2.22. The van der Waals surface area contributed by atoms with E-state index in [2.05, 4.69) is 4.72 Å². The first-order chi connectivity index (χ1) is 11.3. The molecule has 1 aliphatic rings. The molecule has 132 valence electrons. The number of benzene rings is 1. The summed E-state index contributed by atoms with van der Waals surface area (Å²) in [6.07, 6.45) is 1.48. The Kier molecular flexibility index (Phi) is 5.95. The zero-order valence-corrected chi connectivity index (χ0v) is 14.4. The van der Waals surface area contributed by atoms with Crippen LogP contribution in [-0.4, -0.2) is 49.9 Å². The molecular formula is C16H22N2O5S. The molecule has 24 heavy (non-hydrogen) atoms. The summed E-state index contributed by atoms with van der Waals surface area (Å²) >= 11 is 0. The minimum Gasteiger partial charge on any atom is -0.481 e. The van der Waals surface area contributed by atoms with Gasteiger partial charge in [0.25, 0.3) is 5.91 Å². The van der Waals surface area contributed by atoms with E-state index in [1.54, 1.807) is 11.8 Å². The summed E-state index contributed by atoms with van der Waals surface area (Å²) in [6.45, 7) is 3.04. The van der Waals surface area contributed by atoms with E-state index in [0.29, 0.717) is 38.0 Å². The van der Waals surface area contributed by atoms with Gasteiger partial charge in [0.05, 0.1) is 4.90 Å². The minimum absolute atomic E-state index is 0.110. The van der Waals surface area contributed by atoms with Crippen LogP contribution in [0, 0.1) is 5.92 Å². The molecule has 7 nitrogen and oxygen atoms in total. The van der Waals surface area contributed by atoms with Gasteiger partial charge in [-0.1, -0.05) is 6.92 Å². The predicted octanol–water partition coefficient (Wildman–Crippen LogP) is 1.31. The van der Waals surface area contributed by atoms with Crippen LogP contribution in [0.25, 0.3) is 0 Å².